The number of rotatable bonds is 5. The Morgan fingerprint density at radius 2 is 2.00 bits per heavy atom. The Hall–Kier alpha value is -1.56. The maximum atomic E-state index is 11.0. The van der Waals surface area contributed by atoms with Gasteiger partial charge in [0, 0.05) is 23.3 Å². The zero-order valence-corrected chi connectivity index (χ0v) is 12.2. The van der Waals surface area contributed by atoms with Gasteiger partial charge in [-0.3, -0.25) is 10.1 Å². The van der Waals surface area contributed by atoms with Gasteiger partial charge in [0.2, 0.25) is 0 Å². The number of benzene rings is 2. The van der Waals surface area contributed by atoms with Gasteiger partial charge in [-0.1, -0.05) is 29.8 Å². The summed E-state index contributed by atoms with van der Waals surface area (Å²) in [6.07, 6.45) is 0. The highest BCUT2D eigenvalue weighted by atomic mass is 35.5. The van der Waals surface area contributed by atoms with Crippen LogP contribution in [0.25, 0.3) is 0 Å². The van der Waals surface area contributed by atoms with E-state index < -0.39 is 4.92 Å². The molecule has 104 valence electrons. The van der Waals surface area contributed by atoms with Crippen LogP contribution in [-0.2, 0) is 12.3 Å². The average Bonchev–Trinajstić information content (AvgIpc) is 2.45. The first-order valence-electron chi connectivity index (χ1n) is 5.95. The molecule has 0 atom stereocenters. The molecule has 0 saturated heterocycles. The van der Waals surface area contributed by atoms with Crippen LogP contribution in [0.5, 0.6) is 0 Å². The first kappa shape index (κ1) is 14.8. The number of nitrogens with two attached hydrogens (primary N) is 1. The summed E-state index contributed by atoms with van der Waals surface area (Å²) < 4.78 is 0. The first-order valence-corrected chi connectivity index (χ1v) is 7.31. The molecule has 2 rings (SSSR count). The minimum atomic E-state index is -0.405. The monoisotopic (exact) mass is 308 g/mol. The molecule has 4 nitrogen and oxygen atoms in total. The summed E-state index contributed by atoms with van der Waals surface area (Å²) in [5, 5.41) is 11.4. The molecule has 20 heavy (non-hydrogen) atoms. The molecule has 6 heteroatoms. The maximum absolute atomic E-state index is 11.0. The summed E-state index contributed by atoms with van der Waals surface area (Å²) in [4.78, 5) is 11.6. The van der Waals surface area contributed by atoms with Crippen molar-refractivity contribution in [1.29, 1.82) is 0 Å². The van der Waals surface area contributed by atoms with Crippen molar-refractivity contribution in [1.82, 2.24) is 0 Å². The van der Waals surface area contributed by atoms with Gasteiger partial charge in [-0.2, -0.15) is 0 Å². The van der Waals surface area contributed by atoms with Crippen molar-refractivity contribution in [2.45, 2.75) is 17.2 Å². The van der Waals surface area contributed by atoms with Gasteiger partial charge in [0.1, 0.15) is 0 Å². The van der Waals surface area contributed by atoms with Crippen molar-refractivity contribution in [2.75, 3.05) is 0 Å². The molecule has 0 spiro atoms. The third kappa shape index (κ3) is 3.50. The van der Waals surface area contributed by atoms with Crippen LogP contribution >= 0.6 is 23.4 Å². The molecular weight excluding hydrogens is 296 g/mol. The van der Waals surface area contributed by atoms with Gasteiger partial charge in [0.15, 0.2) is 0 Å². The van der Waals surface area contributed by atoms with Gasteiger partial charge in [-0.15, -0.1) is 11.8 Å². The summed E-state index contributed by atoms with van der Waals surface area (Å²) >= 11 is 7.56. The van der Waals surface area contributed by atoms with Crippen LogP contribution in [0, 0.1) is 10.1 Å². The van der Waals surface area contributed by atoms with Gasteiger partial charge in [0.25, 0.3) is 5.69 Å². The third-order valence-electron chi connectivity index (χ3n) is 2.81. The van der Waals surface area contributed by atoms with E-state index in [1.165, 1.54) is 17.8 Å². The van der Waals surface area contributed by atoms with Crippen molar-refractivity contribution in [3.63, 3.8) is 0 Å². The molecule has 0 saturated carbocycles. The molecule has 0 radical (unpaired) electrons. The normalized spacial score (nSPS) is 10.5. The predicted molar refractivity (Wildman–Crippen MR) is 82.0 cm³/mol. The number of nitrogens with zero attached hydrogens (tertiary/aromatic N) is 1. The summed E-state index contributed by atoms with van der Waals surface area (Å²) in [6, 6.07) is 12.5. The van der Waals surface area contributed by atoms with Crippen molar-refractivity contribution in [2.24, 2.45) is 5.73 Å². The molecule has 0 aromatic heterocycles. The second-order valence-electron chi connectivity index (χ2n) is 4.13. The number of hydrogen-bond acceptors (Lipinski definition) is 4. The number of hydrogen-bond donors (Lipinski definition) is 1. The molecule has 2 aromatic rings. The Balaban J connectivity index is 2.20. The van der Waals surface area contributed by atoms with Crippen LogP contribution in [0.3, 0.4) is 0 Å². The van der Waals surface area contributed by atoms with E-state index in [2.05, 4.69) is 0 Å². The van der Waals surface area contributed by atoms with Crippen molar-refractivity contribution in [3.05, 3.63) is 68.7 Å². The molecule has 2 N–H and O–H groups in total. The van der Waals surface area contributed by atoms with Gasteiger partial charge < -0.3 is 5.73 Å². The smallest absolute Gasteiger partial charge is 0.274 e. The molecule has 0 fully saturated rings. The predicted octanol–water partition coefficient (Wildman–Crippen LogP) is 4.00. The minimum Gasteiger partial charge on any atom is -0.326 e. The van der Waals surface area contributed by atoms with Crippen molar-refractivity contribution < 1.29 is 4.92 Å². The summed E-state index contributed by atoms with van der Waals surface area (Å²) in [6.45, 7) is 0.473. The number of thioether (sulfide) groups is 1. The second-order valence-corrected chi connectivity index (χ2v) is 5.59. The van der Waals surface area contributed by atoms with E-state index in [1.54, 1.807) is 12.1 Å². The molecular formula is C14H13ClN2O2S. The Bertz CT molecular complexity index is 634. The minimum absolute atomic E-state index is 0.0555. The Labute approximate surface area is 126 Å². The largest absolute Gasteiger partial charge is 0.326 e. The Morgan fingerprint density at radius 1 is 1.25 bits per heavy atom. The van der Waals surface area contributed by atoms with Gasteiger partial charge in [-0.25, -0.2) is 0 Å². The first-order chi connectivity index (χ1) is 9.61. The molecule has 0 aliphatic heterocycles. The number of nitro benzene ring substituents is 1. The van der Waals surface area contributed by atoms with E-state index in [0.29, 0.717) is 22.9 Å². The molecule has 2 aromatic carbocycles. The summed E-state index contributed by atoms with van der Waals surface area (Å²) in [7, 11) is 0. The van der Waals surface area contributed by atoms with Crippen LogP contribution in [0.15, 0.2) is 47.4 Å². The molecule has 0 unspecified atom stereocenters. The Morgan fingerprint density at radius 3 is 2.70 bits per heavy atom. The molecule has 0 heterocycles. The van der Waals surface area contributed by atoms with Crippen molar-refractivity contribution in [3.8, 4) is 0 Å². The van der Waals surface area contributed by atoms with E-state index in [0.717, 1.165) is 10.5 Å². The van der Waals surface area contributed by atoms with Crippen LogP contribution in [0.4, 0.5) is 5.69 Å². The molecule has 0 bridgehead atoms. The SMILES string of the molecule is NCc1cccc(SCc2c(Cl)cccc2[N+](=O)[O-])c1. The highest BCUT2D eigenvalue weighted by Gasteiger charge is 2.16. The van der Waals surface area contributed by atoms with E-state index in [9.17, 15) is 10.1 Å². The average molecular weight is 309 g/mol. The fraction of sp³-hybridized carbons (Fsp3) is 0.143. The third-order valence-corrected chi connectivity index (χ3v) is 4.18. The topological polar surface area (TPSA) is 69.2 Å². The maximum Gasteiger partial charge on any atom is 0.274 e. The highest BCUT2D eigenvalue weighted by Crippen LogP contribution is 2.32. The summed E-state index contributed by atoms with van der Waals surface area (Å²) in [5.41, 5.74) is 7.22. The highest BCUT2D eigenvalue weighted by molar-refractivity contribution is 7.98. The summed E-state index contributed by atoms with van der Waals surface area (Å²) in [5.74, 6) is 0.448. The lowest BCUT2D eigenvalue weighted by Crippen LogP contribution is -1.96. The Kier molecular flexibility index (Phi) is 5.00. The van der Waals surface area contributed by atoms with Gasteiger partial charge in [0.05, 0.1) is 15.5 Å². The standard InChI is InChI=1S/C14H13ClN2O2S/c15-13-5-2-6-14(17(18)19)12(13)9-20-11-4-1-3-10(7-11)8-16/h1-7H,8-9,16H2. The second kappa shape index (κ2) is 6.74. The van der Waals surface area contributed by atoms with Crippen LogP contribution in [-0.4, -0.2) is 4.92 Å². The van der Waals surface area contributed by atoms with Gasteiger partial charge in [-0.05, 0) is 23.8 Å². The van der Waals surface area contributed by atoms with E-state index in [1.807, 2.05) is 24.3 Å². The lowest BCUT2D eigenvalue weighted by atomic mass is 10.2. The van der Waals surface area contributed by atoms with Crippen LogP contribution in [0.2, 0.25) is 5.02 Å². The van der Waals surface area contributed by atoms with Crippen LogP contribution in [0.1, 0.15) is 11.1 Å². The zero-order valence-electron chi connectivity index (χ0n) is 10.6. The quantitative estimate of drug-likeness (QED) is 0.515. The van der Waals surface area contributed by atoms with Gasteiger partial charge >= 0.3 is 0 Å². The lowest BCUT2D eigenvalue weighted by molar-refractivity contribution is -0.385. The fourth-order valence-electron chi connectivity index (χ4n) is 1.78. The fourth-order valence-corrected chi connectivity index (χ4v) is 3.12. The van der Waals surface area contributed by atoms with E-state index in [4.69, 9.17) is 17.3 Å². The van der Waals surface area contributed by atoms with Crippen molar-refractivity contribution >= 4 is 29.1 Å². The number of nitro groups is 1. The van der Waals surface area contributed by atoms with E-state index >= 15 is 0 Å². The van der Waals surface area contributed by atoms with E-state index in [-0.39, 0.29) is 5.69 Å². The lowest BCUT2D eigenvalue weighted by Gasteiger charge is -2.06. The molecule has 0 aliphatic rings. The number of halogens is 1. The zero-order chi connectivity index (χ0) is 14.5. The van der Waals surface area contributed by atoms with Crippen LogP contribution < -0.4 is 5.73 Å². The molecule has 0 aliphatic carbocycles. The molecule has 0 amide bonds.